The summed E-state index contributed by atoms with van der Waals surface area (Å²) in [6.45, 7) is 5.72. The third kappa shape index (κ3) is 3.70. The highest BCUT2D eigenvalue weighted by molar-refractivity contribution is 7.14. The molecule has 2 heterocycles. The van der Waals surface area contributed by atoms with Crippen LogP contribution in [0.15, 0.2) is 65.2 Å². The van der Waals surface area contributed by atoms with Crippen molar-refractivity contribution in [1.82, 2.24) is 10.4 Å². The molecule has 152 valence electrons. The summed E-state index contributed by atoms with van der Waals surface area (Å²) in [7, 11) is 1.61. The van der Waals surface area contributed by atoms with Crippen LogP contribution in [0.4, 0.5) is 10.8 Å². The van der Waals surface area contributed by atoms with Crippen LogP contribution in [0.25, 0.3) is 11.3 Å². The fourth-order valence-electron chi connectivity index (χ4n) is 2.84. The fraction of sp³-hybridized carbons (Fsp3) is 0.0952. The first-order valence-corrected chi connectivity index (χ1v) is 9.88. The summed E-state index contributed by atoms with van der Waals surface area (Å²) in [6.07, 6.45) is 0. The zero-order chi connectivity index (χ0) is 21.3. The number of hydrazine groups is 1. The fourth-order valence-corrected chi connectivity index (χ4v) is 3.63. The molecule has 0 bridgehead atoms. The number of aromatic hydroxyl groups is 1. The van der Waals surface area contributed by atoms with Crippen LogP contribution in [0, 0.1) is 6.92 Å². The predicted octanol–water partition coefficient (Wildman–Crippen LogP) is 3.67. The Labute approximate surface area is 177 Å². The first-order valence-electron chi connectivity index (χ1n) is 9.00. The van der Waals surface area contributed by atoms with E-state index in [0.717, 1.165) is 22.6 Å². The van der Waals surface area contributed by atoms with Crippen molar-refractivity contribution in [2.24, 2.45) is 5.10 Å². The zero-order valence-corrected chi connectivity index (χ0v) is 17.2. The number of hydrogen-bond donors (Lipinski definition) is 3. The maximum absolute atomic E-state index is 12.8. The average molecular weight is 421 g/mol. The number of aromatic nitrogens is 1. The Bertz CT molecular complexity index is 1150. The summed E-state index contributed by atoms with van der Waals surface area (Å²) in [5.74, 6) is 0.411. The lowest BCUT2D eigenvalue weighted by Gasteiger charge is -2.10. The highest BCUT2D eigenvalue weighted by Gasteiger charge is 2.34. The van der Waals surface area contributed by atoms with Gasteiger partial charge in [-0.3, -0.25) is 15.6 Å². The Balaban J connectivity index is 1.53. The Morgan fingerprint density at radius 3 is 2.73 bits per heavy atom. The molecule has 0 atom stereocenters. The van der Waals surface area contributed by atoms with Gasteiger partial charge in [-0.15, -0.1) is 11.3 Å². The van der Waals surface area contributed by atoms with Crippen molar-refractivity contribution in [3.63, 3.8) is 0 Å². The minimum Gasteiger partial charge on any atom is -0.506 e. The Kier molecular flexibility index (Phi) is 5.11. The lowest BCUT2D eigenvalue weighted by Crippen LogP contribution is -2.34. The number of nitrogens with one attached hydrogen (secondary N) is 2. The summed E-state index contributed by atoms with van der Waals surface area (Å²) in [5.41, 5.74) is 9.01. The van der Waals surface area contributed by atoms with Gasteiger partial charge in [0.2, 0.25) is 5.13 Å². The molecule has 30 heavy (non-hydrogen) atoms. The molecule has 0 spiro atoms. The SMILES string of the molecule is C=C1NN(c2nc(-c3ccc(OC)cc3)cs2)C(=O)/C1=N/Nc1ccc(C)cc1O. The molecule has 0 radical (unpaired) electrons. The molecule has 3 N–H and O–H groups in total. The number of anilines is 2. The number of nitrogens with zero attached hydrogens (tertiary/aromatic N) is 3. The van der Waals surface area contributed by atoms with Gasteiger partial charge in [0.25, 0.3) is 0 Å². The van der Waals surface area contributed by atoms with Crippen LogP contribution < -0.4 is 20.6 Å². The molecule has 1 saturated heterocycles. The second kappa shape index (κ2) is 7.88. The van der Waals surface area contributed by atoms with E-state index in [1.807, 2.05) is 42.6 Å². The second-order valence-corrected chi connectivity index (χ2v) is 7.40. The van der Waals surface area contributed by atoms with Gasteiger partial charge in [-0.2, -0.15) is 10.1 Å². The zero-order valence-electron chi connectivity index (χ0n) is 16.3. The van der Waals surface area contributed by atoms with Crippen LogP contribution in [0.2, 0.25) is 0 Å². The van der Waals surface area contributed by atoms with Gasteiger partial charge in [0.05, 0.1) is 24.2 Å². The number of phenols is 1. The lowest BCUT2D eigenvalue weighted by molar-refractivity contribution is -0.112. The molecule has 1 aliphatic heterocycles. The molecular weight excluding hydrogens is 402 g/mol. The number of hydrogen-bond acceptors (Lipinski definition) is 8. The number of carbonyl (C=O) groups is 1. The van der Waals surface area contributed by atoms with Crippen LogP contribution >= 0.6 is 11.3 Å². The van der Waals surface area contributed by atoms with Crippen LogP contribution in [-0.2, 0) is 4.79 Å². The molecule has 0 saturated carbocycles. The van der Waals surface area contributed by atoms with Gasteiger partial charge in [0, 0.05) is 10.9 Å². The Morgan fingerprint density at radius 1 is 1.27 bits per heavy atom. The minimum absolute atomic E-state index is 0.0456. The number of aryl methyl sites for hydroxylation is 1. The molecule has 8 nitrogen and oxygen atoms in total. The number of thiazole rings is 1. The van der Waals surface area contributed by atoms with Crippen molar-refractivity contribution in [1.29, 1.82) is 0 Å². The standard InChI is InChI=1S/C21H19N5O3S/c1-12-4-9-16(18(27)10-12)23-24-19-13(2)25-26(20(19)28)21-22-17(11-30-21)14-5-7-15(29-3)8-6-14/h4-11,23,25,27H,2H2,1,3H3/b24-19+. The molecule has 0 unspecified atom stereocenters. The quantitative estimate of drug-likeness (QED) is 0.430. The van der Waals surface area contributed by atoms with Crippen molar-refractivity contribution in [3.8, 4) is 22.8 Å². The maximum Gasteiger partial charge on any atom is 0.301 e. The van der Waals surface area contributed by atoms with Gasteiger partial charge in [-0.25, -0.2) is 4.98 Å². The minimum atomic E-state index is -0.394. The third-order valence-corrected chi connectivity index (χ3v) is 5.27. The van der Waals surface area contributed by atoms with E-state index in [1.165, 1.54) is 16.3 Å². The van der Waals surface area contributed by atoms with Crippen molar-refractivity contribution in [2.45, 2.75) is 6.92 Å². The highest BCUT2D eigenvalue weighted by atomic mass is 32.1. The second-order valence-electron chi connectivity index (χ2n) is 6.57. The summed E-state index contributed by atoms with van der Waals surface area (Å²) in [6, 6.07) is 12.6. The third-order valence-electron chi connectivity index (χ3n) is 4.45. The lowest BCUT2D eigenvalue weighted by atomic mass is 10.2. The monoisotopic (exact) mass is 421 g/mol. The molecule has 2 aromatic carbocycles. The summed E-state index contributed by atoms with van der Waals surface area (Å²) >= 11 is 1.32. The largest absolute Gasteiger partial charge is 0.506 e. The molecule has 4 rings (SSSR count). The normalized spacial score (nSPS) is 14.9. The number of methoxy groups -OCH3 is 1. The van der Waals surface area contributed by atoms with Crippen LogP contribution in [0.5, 0.6) is 11.5 Å². The topological polar surface area (TPSA) is 99.1 Å². The number of rotatable bonds is 5. The average Bonchev–Trinajstić information content (AvgIpc) is 3.33. The van der Waals surface area contributed by atoms with Gasteiger partial charge in [-0.1, -0.05) is 12.6 Å². The number of amides is 1. The van der Waals surface area contributed by atoms with Gasteiger partial charge >= 0.3 is 5.91 Å². The van der Waals surface area contributed by atoms with Crippen molar-refractivity contribution >= 4 is 33.8 Å². The molecule has 1 fully saturated rings. The van der Waals surface area contributed by atoms with Crippen LogP contribution in [0.3, 0.4) is 0 Å². The van der Waals surface area contributed by atoms with Crippen LogP contribution in [-0.4, -0.2) is 28.8 Å². The molecule has 9 heteroatoms. The number of hydrazone groups is 1. The first-order chi connectivity index (χ1) is 14.5. The molecule has 3 aromatic rings. The summed E-state index contributed by atoms with van der Waals surface area (Å²) in [5, 5.41) is 17.7. The van der Waals surface area contributed by atoms with E-state index in [0.29, 0.717) is 16.5 Å². The van der Waals surface area contributed by atoms with Gasteiger partial charge < -0.3 is 9.84 Å². The number of carbonyl (C=O) groups excluding carboxylic acids is 1. The predicted molar refractivity (Wildman–Crippen MR) is 118 cm³/mol. The molecule has 1 aliphatic rings. The van der Waals surface area contributed by atoms with E-state index in [-0.39, 0.29) is 11.5 Å². The summed E-state index contributed by atoms with van der Waals surface area (Å²) in [4.78, 5) is 17.4. The van der Waals surface area contributed by atoms with E-state index >= 15 is 0 Å². The summed E-state index contributed by atoms with van der Waals surface area (Å²) < 4.78 is 5.17. The van der Waals surface area contributed by atoms with Gasteiger partial charge in [-0.05, 0) is 48.9 Å². The molecular formula is C21H19N5O3S. The van der Waals surface area contributed by atoms with E-state index in [9.17, 15) is 9.90 Å². The van der Waals surface area contributed by atoms with Crippen molar-refractivity contribution in [3.05, 3.63) is 65.7 Å². The van der Waals surface area contributed by atoms with E-state index in [2.05, 4.69) is 27.5 Å². The maximum atomic E-state index is 12.8. The molecule has 1 amide bonds. The van der Waals surface area contributed by atoms with E-state index in [4.69, 9.17) is 4.74 Å². The van der Waals surface area contributed by atoms with Crippen molar-refractivity contribution in [2.75, 3.05) is 17.5 Å². The molecule has 0 aliphatic carbocycles. The smallest absolute Gasteiger partial charge is 0.301 e. The van der Waals surface area contributed by atoms with Crippen LogP contribution in [0.1, 0.15) is 5.56 Å². The number of benzene rings is 2. The first kappa shape index (κ1) is 19.5. The Hall–Kier alpha value is -3.85. The number of phenolic OH excluding ortho intramolecular Hbond substituents is 1. The van der Waals surface area contributed by atoms with E-state index < -0.39 is 5.91 Å². The van der Waals surface area contributed by atoms with E-state index in [1.54, 1.807) is 19.2 Å². The highest BCUT2D eigenvalue weighted by Crippen LogP contribution is 2.30. The molecule has 1 aromatic heterocycles. The van der Waals surface area contributed by atoms with Gasteiger partial charge in [0.1, 0.15) is 11.5 Å². The number of ether oxygens (including phenoxy) is 1. The van der Waals surface area contributed by atoms with Crippen molar-refractivity contribution < 1.29 is 14.6 Å². The van der Waals surface area contributed by atoms with Gasteiger partial charge in [0.15, 0.2) is 5.71 Å². The Morgan fingerprint density at radius 2 is 2.03 bits per heavy atom.